The van der Waals surface area contributed by atoms with Crippen LogP contribution in [0.5, 0.6) is 11.5 Å². The number of hydrogen-bond acceptors (Lipinski definition) is 3. The number of rotatable bonds is 7. The first-order valence-corrected chi connectivity index (χ1v) is 24.6. The second-order valence-corrected chi connectivity index (χ2v) is 19.2. The molecule has 71 heavy (non-hydrogen) atoms. The molecule has 0 saturated carbocycles. The van der Waals surface area contributed by atoms with Gasteiger partial charge in [-0.05, 0) is 36.8 Å². The second-order valence-electron chi connectivity index (χ2n) is 18.2. The number of hydrogen-bond donors (Lipinski definition) is 0. The maximum atomic E-state index is 10.2. The van der Waals surface area contributed by atoms with E-state index in [9.17, 15) is 5.26 Å². The molecule has 9 aromatic carbocycles. The van der Waals surface area contributed by atoms with Gasteiger partial charge in [-0.3, -0.25) is 0 Å². The minimum absolute atomic E-state index is 0.562. The van der Waals surface area contributed by atoms with Crippen molar-refractivity contribution in [1.82, 2.24) is 23.1 Å². The molecule has 0 aliphatic carbocycles. The summed E-state index contributed by atoms with van der Waals surface area (Å²) < 4.78 is 17.1. The summed E-state index contributed by atoms with van der Waals surface area (Å²) in [4.78, 5) is 4.94. The molecule has 7 nitrogen and oxygen atoms in total. The first kappa shape index (κ1) is 41.2. The molecule has 8 heteroatoms. The Morgan fingerprint density at radius 1 is 0.535 bits per heavy atom. The fraction of sp³-hybridized carbons (Fsp3) is 0.0317. The van der Waals surface area contributed by atoms with Gasteiger partial charge in [-0.15, -0.1) is 0 Å². The molecule has 5 aromatic heterocycles. The molecule has 0 spiro atoms. The molecule has 0 N–H and O–H groups in total. The molecule has 0 aliphatic heterocycles. The van der Waals surface area contributed by atoms with E-state index in [1.165, 1.54) is 0 Å². The number of aryl methyl sites for hydroxylation is 2. The number of benzene rings is 9. The smallest absolute Gasteiger partial charge is 0.0621 e. The number of fused-ring (bicyclic) bond motifs is 10. The van der Waals surface area contributed by atoms with Crippen LogP contribution in [0.3, 0.4) is 0 Å². The minimum Gasteiger partial charge on any atom is 0.0621 e. The first-order valence-electron chi connectivity index (χ1n) is 23.5. The van der Waals surface area contributed by atoms with Gasteiger partial charge in [-0.1, -0.05) is 18.2 Å². The van der Waals surface area contributed by atoms with E-state index in [2.05, 4.69) is 233 Å². The summed E-state index contributed by atoms with van der Waals surface area (Å²) in [6.07, 6.45) is 1.86. The Labute approximate surface area is 418 Å². The van der Waals surface area contributed by atoms with Gasteiger partial charge in [0, 0.05) is 27.7 Å². The van der Waals surface area contributed by atoms with Crippen molar-refractivity contribution < 1.29 is 24.1 Å². The molecule has 0 saturated heterocycles. The van der Waals surface area contributed by atoms with Crippen LogP contribution >= 0.6 is 0 Å². The summed E-state index contributed by atoms with van der Waals surface area (Å²) in [7, 11) is 0. The molecule has 14 rings (SSSR count). The SMILES string of the molecule is Cc1ccnc(-n2c3[c-]c(Oc4[c-]c(-n5[c](=[Pt])n(-c6c(-c7ccccc7)cccc6-c6ccccc6)c6ccccc65)ccc4C)ccc3c3cc4c5cc(C#N)cc6c7ccccc7n(c4cc32)c65)c1. The topological polar surface area (TPSA) is 65.1 Å². The fourth-order valence-electron chi connectivity index (χ4n) is 10.8. The summed E-state index contributed by atoms with van der Waals surface area (Å²) in [5.41, 5.74) is 16.5. The molecule has 0 radical (unpaired) electrons. The third kappa shape index (κ3) is 6.25. The number of pyridine rings is 1. The van der Waals surface area contributed by atoms with Crippen molar-refractivity contribution in [1.29, 1.82) is 5.26 Å². The van der Waals surface area contributed by atoms with E-state index in [1.807, 2.05) is 30.5 Å². The number of ether oxygens (including phenoxy) is 1. The fourth-order valence-corrected chi connectivity index (χ4v) is 11.9. The standard InChI is InChI=1S/C63H38N6O.Pt/c1-39-28-29-65-61(30-39)68-57-34-45(26-27-49(57)50-35-51-53-32-41(37-64)31-52-48-18-9-10-21-54(48)69(63(52)53)59(51)36-58(50)68)70-60-33-44(25-24-40(60)2)66-38-67(56-23-12-11-22-55(56)66)62-46(42-14-5-3-6-15-42)19-13-20-47(62)43-16-7-4-8-17-43;/h3-32,35-36H,1-2H3;/q-2;. The van der Waals surface area contributed by atoms with Crippen LogP contribution < -0.4 is 4.74 Å². The first-order chi connectivity index (χ1) is 34.9. The van der Waals surface area contributed by atoms with Gasteiger partial charge in [-0.2, -0.15) is 5.26 Å². The number of nitriles is 1. The molecule has 0 atom stereocenters. The molecule has 0 aliphatic rings. The Balaban J connectivity index is 0.944. The van der Waals surface area contributed by atoms with Crippen LogP contribution in [0.25, 0.3) is 110 Å². The number of para-hydroxylation sites is 4. The van der Waals surface area contributed by atoms with E-state index >= 15 is 0 Å². The van der Waals surface area contributed by atoms with E-state index in [4.69, 9.17) is 9.72 Å². The Morgan fingerprint density at radius 2 is 1.20 bits per heavy atom. The van der Waals surface area contributed by atoms with E-state index < -0.39 is 0 Å². The van der Waals surface area contributed by atoms with Crippen molar-refractivity contribution in [2.45, 2.75) is 13.8 Å². The Bertz CT molecular complexity index is 4550. The normalized spacial score (nSPS) is 11.9. The van der Waals surface area contributed by atoms with E-state index in [0.29, 0.717) is 17.1 Å². The molecular weight excluding hydrogens is 1050 g/mol. The summed E-state index contributed by atoms with van der Waals surface area (Å²) in [5.74, 6) is 1.96. The van der Waals surface area contributed by atoms with Crippen molar-refractivity contribution in [2.24, 2.45) is 0 Å². The van der Waals surface area contributed by atoms with E-state index in [0.717, 1.165) is 125 Å². The van der Waals surface area contributed by atoms with Gasteiger partial charge in [0.1, 0.15) is 0 Å². The zero-order valence-corrected chi connectivity index (χ0v) is 40.7. The average molecular weight is 1090 g/mol. The van der Waals surface area contributed by atoms with Crippen LogP contribution in [0.2, 0.25) is 0 Å². The number of nitrogens with zero attached hydrogens (tertiary/aromatic N) is 6. The number of imidazole rings is 1. The van der Waals surface area contributed by atoms with Crippen LogP contribution in [0, 0.1) is 41.1 Å². The minimum atomic E-state index is 0.562. The van der Waals surface area contributed by atoms with Crippen molar-refractivity contribution in [2.75, 3.05) is 0 Å². The molecule has 0 fully saturated rings. The van der Waals surface area contributed by atoms with Crippen LogP contribution in [0.1, 0.15) is 16.7 Å². The zero-order chi connectivity index (χ0) is 47.5. The third-order valence-corrected chi connectivity index (χ3v) is 15.0. The van der Waals surface area contributed by atoms with E-state index in [1.54, 1.807) is 0 Å². The molecule has 14 aromatic rings. The Morgan fingerprint density at radius 3 is 1.92 bits per heavy atom. The molecule has 338 valence electrons. The van der Waals surface area contributed by atoms with Gasteiger partial charge in [0.2, 0.25) is 0 Å². The summed E-state index contributed by atoms with van der Waals surface area (Å²) >= 11 is 2.48. The summed E-state index contributed by atoms with van der Waals surface area (Å²) in [5, 5.41) is 16.6. The Kier molecular flexibility index (Phi) is 9.20. The van der Waals surface area contributed by atoms with Crippen LogP contribution in [-0.4, -0.2) is 23.1 Å². The quantitative estimate of drug-likeness (QED) is 0.149. The molecule has 5 heterocycles. The molecule has 0 unspecified atom stereocenters. The van der Waals surface area contributed by atoms with Gasteiger partial charge in [0.25, 0.3) is 0 Å². The van der Waals surface area contributed by atoms with Gasteiger partial charge in [-0.25, -0.2) is 0 Å². The van der Waals surface area contributed by atoms with Crippen LogP contribution in [-0.2, 0) is 19.4 Å². The summed E-state index contributed by atoms with van der Waals surface area (Å²) in [6.45, 7) is 4.15. The van der Waals surface area contributed by atoms with Gasteiger partial charge >= 0.3 is 301 Å². The summed E-state index contributed by atoms with van der Waals surface area (Å²) in [6, 6.07) is 75.9. The van der Waals surface area contributed by atoms with Crippen molar-refractivity contribution >= 4 is 70.9 Å². The predicted octanol–water partition coefficient (Wildman–Crippen LogP) is 15.4. The van der Waals surface area contributed by atoms with Gasteiger partial charge in [0.15, 0.2) is 0 Å². The van der Waals surface area contributed by atoms with E-state index in [-0.39, 0.29) is 0 Å². The van der Waals surface area contributed by atoms with Crippen LogP contribution in [0.15, 0.2) is 194 Å². The van der Waals surface area contributed by atoms with Crippen molar-refractivity contribution in [3.63, 3.8) is 0 Å². The van der Waals surface area contributed by atoms with Crippen molar-refractivity contribution in [3.05, 3.63) is 227 Å². The molecular formula is C63H38N6OPt-2. The maximum absolute atomic E-state index is 10.2. The zero-order valence-electron chi connectivity index (χ0n) is 38.4. The van der Waals surface area contributed by atoms with Crippen molar-refractivity contribution in [3.8, 4) is 57.0 Å². The molecule has 0 bridgehead atoms. The Hall–Kier alpha value is -8.82. The van der Waals surface area contributed by atoms with Gasteiger partial charge in [0.05, 0.1) is 28.2 Å². The third-order valence-electron chi connectivity index (χ3n) is 14.0. The van der Waals surface area contributed by atoms with Crippen LogP contribution in [0.4, 0.5) is 0 Å². The monoisotopic (exact) mass is 1090 g/mol. The molecule has 0 amide bonds. The second kappa shape index (κ2) is 15.9. The average Bonchev–Trinajstić information content (AvgIpc) is 4.11. The van der Waals surface area contributed by atoms with Gasteiger partial charge < -0.3 is 4.40 Å². The predicted molar refractivity (Wildman–Crippen MR) is 282 cm³/mol. The number of aromatic nitrogens is 5.